The van der Waals surface area contributed by atoms with Crippen molar-refractivity contribution in [3.63, 3.8) is 0 Å². The largest absolute Gasteiger partial charge is 0.354 e. The number of aromatic amines is 4. The molecule has 0 bridgehead atoms. The fourth-order valence-corrected chi connectivity index (χ4v) is 10.0. The third-order valence-electron chi connectivity index (χ3n) is 12.2. The zero-order valence-corrected chi connectivity index (χ0v) is 34.7. The van der Waals surface area contributed by atoms with E-state index in [0.29, 0.717) is 10.0 Å². The molecule has 0 amide bonds. The van der Waals surface area contributed by atoms with Crippen molar-refractivity contribution in [3.8, 4) is 78.4 Å². The minimum atomic E-state index is 0.660. The Morgan fingerprint density at radius 1 is 0.258 bits per heavy atom. The Kier molecular flexibility index (Phi) is 8.56. The molecule has 0 spiro atoms. The smallest absolute Gasteiger partial charge is 0.0716 e. The van der Waals surface area contributed by atoms with Crippen molar-refractivity contribution in [1.82, 2.24) is 19.9 Å². The van der Waals surface area contributed by atoms with Gasteiger partial charge in [-0.05, 0) is 58.7 Å². The number of benzene rings is 8. The first-order chi connectivity index (χ1) is 30.6. The van der Waals surface area contributed by atoms with Crippen molar-refractivity contribution in [2.75, 3.05) is 0 Å². The summed E-state index contributed by atoms with van der Waals surface area (Å²) in [6, 6.07) is 67.7. The molecule has 294 valence electrons. The van der Waals surface area contributed by atoms with Gasteiger partial charge in [0.2, 0.25) is 0 Å². The second-order valence-corrected chi connectivity index (χ2v) is 16.6. The number of aromatic nitrogens is 4. The summed E-state index contributed by atoms with van der Waals surface area (Å²) in [6.45, 7) is 0. The molecule has 0 fully saturated rings. The average molecular weight is 836 g/mol. The maximum atomic E-state index is 7.45. The maximum Gasteiger partial charge on any atom is 0.0716 e. The fraction of sp³-hybridized carbons (Fsp3) is 0. The Morgan fingerprint density at radius 3 is 0.903 bits per heavy atom. The van der Waals surface area contributed by atoms with E-state index in [1.165, 1.54) is 0 Å². The van der Waals surface area contributed by atoms with Gasteiger partial charge in [0.05, 0.1) is 32.8 Å². The molecule has 0 saturated heterocycles. The highest BCUT2D eigenvalue weighted by molar-refractivity contribution is 6.36. The molecule has 0 saturated carbocycles. The van der Waals surface area contributed by atoms with Crippen molar-refractivity contribution in [3.05, 3.63) is 204 Å². The molecule has 12 aromatic rings. The highest BCUT2D eigenvalue weighted by Gasteiger charge is 2.26. The number of hydrogen-bond acceptors (Lipinski definition) is 0. The lowest BCUT2D eigenvalue weighted by Crippen LogP contribution is -1.87. The second kappa shape index (κ2) is 14.6. The number of H-pyrrole nitrogens is 4. The van der Waals surface area contributed by atoms with Gasteiger partial charge in [-0.1, -0.05) is 181 Å². The molecule has 0 aliphatic heterocycles. The van der Waals surface area contributed by atoms with Crippen molar-refractivity contribution in [1.29, 1.82) is 0 Å². The van der Waals surface area contributed by atoms with Gasteiger partial charge in [0.25, 0.3) is 0 Å². The molecular weight excluding hydrogens is 800 g/mol. The van der Waals surface area contributed by atoms with Crippen LogP contribution in [0.4, 0.5) is 0 Å². The summed E-state index contributed by atoms with van der Waals surface area (Å²) >= 11 is 14.9. The fourth-order valence-electron chi connectivity index (χ4n) is 9.50. The van der Waals surface area contributed by atoms with Crippen LogP contribution in [0.3, 0.4) is 0 Å². The summed E-state index contributed by atoms with van der Waals surface area (Å²) in [5, 5.41) is 5.67. The van der Waals surface area contributed by atoms with E-state index in [9.17, 15) is 0 Å². The summed E-state index contributed by atoms with van der Waals surface area (Å²) in [7, 11) is 0. The first-order valence-electron chi connectivity index (χ1n) is 20.7. The van der Waals surface area contributed by atoms with Crippen LogP contribution in [0.2, 0.25) is 10.0 Å². The standard InChI is InChI=1S/C56H36Cl2N4/c57-43-29-41-47(31-39(43)53-49(33-17-5-1-6-18-33)37-25-13-15-27-45(37)59-53)61-55(51(41)35-21-9-3-10-22-35)56-52(36-23-11-4-12-24-36)42-30-44(58)40(32-48(42)62-56)54-50(34-19-7-2-8-20-34)38-26-14-16-28-46(38)60-54/h1-32,59-62H. The van der Waals surface area contributed by atoms with E-state index in [2.05, 4.69) is 214 Å². The summed E-state index contributed by atoms with van der Waals surface area (Å²) < 4.78 is 0. The molecule has 0 aliphatic rings. The maximum absolute atomic E-state index is 7.45. The molecule has 4 aromatic heterocycles. The van der Waals surface area contributed by atoms with E-state index in [0.717, 1.165) is 122 Å². The van der Waals surface area contributed by atoms with Crippen LogP contribution >= 0.6 is 23.2 Å². The van der Waals surface area contributed by atoms with Gasteiger partial charge in [-0.2, -0.15) is 0 Å². The van der Waals surface area contributed by atoms with Crippen molar-refractivity contribution < 1.29 is 0 Å². The highest BCUT2D eigenvalue weighted by Crippen LogP contribution is 2.50. The number of halogens is 2. The lowest BCUT2D eigenvalue weighted by atomic mass is 9.94. The normalized spacial score (nSPS) is 11.7. The summed E-state index contributed by atoms with van der Waals surface area (Å²) in [6.07, 6.45) is 0. The Morgan fingerprint density at radius 2 is 0.548 bits per heavy atom. The number of fused-ring (bicyclic) bond motifs is 4. The summed E-state index contributed by atoms with van der Waals surface area (Å²) in [4.78, 5) is 15.4. The van der Waals surface area contributed by atoms with Gasteiger partial charge in [-0.3, -0.25) is 0 Å². The van der Waals surface area contributed by atoms with Crippen LogP contribution in [0.15, 0.2) is 194 Å². The van der Waals surface area contributed by atoms with Crippen LogP contribution in [0.1, 0.15) is 0 Å². The zero-order chi connectivity index (χ0) is 41.3. The molecule has 4 N–H and O–H groups in total. The minimum absolute atomic E-state index is 0.660. The van der Waals surface area contributed by atoms with E-state index in [1.54, 1.807) is 0 Å². The number of hydrogen-bond donors (Lipinski definition) is 4. The monoisotopic (exact) mass is 834 g/mol. The first-order valence-corrected chi connectivity index (χ1v) is 21.5. The third kappa shape index (κ3) is 5.83. The second-order valence-electron chi connectivity index (χ2n) is 15.8. The van der Waals surface area contributed by atoms with E-state index in [4.69, 9.17) is 23.2 Å². The van der Waals surface area contributed by atoms with Gasteiger partial charge >= 0.3 is 0 Å². The van der Waals surface area contributed by atoms with Crippen LogP contribution in [-0.4, -0.2) is 19.9 Å². The molecule has 4 heterocycles. The lowest BCUT2D eigenvalue weighted by molar-refractivity contribution is 1.37. The van der Waals surface area contributed by atoms with Gasteiger partial charge in [0, 0.05) is 77.0 Å². The molecular formula is C56H36Cl2N4. The predicted molar refractivity (Wildman–Crippen MR) is 262 cm³/mol. The summed E-state index contributed by atoms with van der Waals surface area (Å²) in [5.74, 6) is 0. The molecule has 12 rings (SSSR count). The van der Waals surface area contributed by atoms with E-state index < -0.39 is 0 Å². The predicted octanol–water partition coefficient (Wildman–Crippen LogP) is 16.6. The number of rotatable bonds is 7. The minimum Gasteiger partial charge on any atom is -0.354 e. The van der Waals surface area contributed by atoms with Crippen LogP contribution in [-0.2, 0) is 0 Å². The Hall–Kier alpha value is -7.50. The van der Waals surface area contributed by atoms with Crippen LogP contribution in [0, 0.1) is 0 Å². The van der Waals surface area contributed by atoms with Gasteiger partial charge in [0.15, 0.2) is 0 Å². The van der Waals surface area contributed by atoms with E-state index in [1.807, 2.05) is 0 Å². The topological polar surface area (TPSA) is 63.2 Å². The van der Waals surface area contributed by atoms with E-state index >= 15 is 0 Å². The van der Waals surface area contributed by atoms with Crippen molar-refractivity contribution >= 4 is 66.8 Å². The van der Waals surface area contributed by atoms with Crippen LogP contribution in [0.5, 0.6) is 0 Å². The molecule has 0 radical (unpaired) electrons. The lowest BCUT2D eigenvalue weighted by Gasteiger charge is -2.10. The SMILES string of the molecule is Clc1cc2c(-c3ccccc3)c(-c3[nH]c4cc(-c5[nH]c6ccccc6c5-c5ccccc5)c(Cl)cc4c3-c3ccccc3)[nH]c2cc1-c1[nH]c2ccccc2c1-c1ccccc1. The molecule has 0 atom stereocenters. The molecule has 4 nitrogen and oxygen atoms in total. The molecule has 62 heavy (non-hydrogen) atoms. The quantitative estimate of drug-likeness (QED) is 0.124. The van der Waals surface area contributed by atoms with Gasteiger partial charge in [0.1, 0.15) is 0 Å². The Balaban J connectivity index is 1.12. The Bertz CT molecular complexity index is 3390. The van der Waals surface area contributed by atoms with Crippen LogP contribution in [0.25, 0.3) is 122 Å². The average Bonchev–Trinajstić information content (AvgIpc) is 4.09. The third-order valence-corrected chi connectivity index (χ3v) is 12.8. The summed E-state index contributed by atoms with van der Waals surface area (Å²) in [5.41, 5.74) is 18.6. The molecule has 0 unspecified atom stereocenters. The molecule has 0 aliphatic carbocycles. The van der Waals surface area contributed by atoms with Gasteiger partial charge in [-0.15, -0.1) is 0 Å². The van der Waals surface area contributed by atoms with Crippen LogP contribution < -0.4 is 0 Å². The highest BCUT2D eigenvalue weighted by atomic mass is 35.5. The Labute approximate surface area is 367 Å². The van der Waals surface area contributed by atoms with Gasteiger partial charge in [-0.25, -0.2) is 0 Å². The van der Waals surface area contributed by atoms with Gasteiger partial charge < -0.3 is 19.9 Å². The zero-order valence-electron chi connectivity index (χ0n) is 33.2. The van der Waals surface area contributed by atoms with Crippen molar-refractivity contribution in [2.45, 2.75) is 0 Å². The van der Waals surface area contributed by atoms with E-state index in [-0.39, 0.29) is 0 Å². The molecule has 8 aromatic carbocycles. The molecule has 6 heteroatoms. The number of nitrogens with one attached hydrogen (secondary N) is 4. The number of para-hydroxylation sites is 2. The van der Waals surface area contributed by atoms with Crippen molar-refractivity contribution in [2.24, 2.45) is 0 Å². The first kappa shape index (κ1) is 36.4.